The van der Waals surface area contributed by atoms with E-state index in [-0.39, 0.29) is 17.7 Å². The van der Waals surface area contributed by atoms with E-state index in [1.165, 1.54) is 0 Å². The largest absolute Gasteiger partial charge is 0.486 e. The van der Waals surface area contributed by atoms with Crippen LogP contribution in [0.25, 0.3) is 0 Å². The van der Waals surface area contributed by atoms with Crippen LogP contribution < -0.4 is 19.7 Å². The minimum absolute atomic E-state index is 0.341. The number of anilines is 2. The predicted octanol–water partition coefficient (Wildman–Crippen LogP) is 3.51. The minimum Gasteiger partial charge on any atom is -0.486 e. The van der Waals surface area contributed by atoms with Crippen LogP contribution in [0.3, 0.4) is 0 Å². The second-order valence-corrected chi connectivity index (χ2v) is 6.85. The first-order valence-corrected chi connectivity index (χ1v) is 9.41. The molecule has 7 nitrogen and oxygen atoms in total. The fourth-order valence-electron chi connectivity index (χ4n) is 3.53. The van der Waals surface area contributed by atoms with Crippen LogP contribution in [0.4, 0.5) is 11.4 Å². The molecule has 1 N–H and O–H groups in total. The average molecular weight is 400 g/mol. The van der Waals surface area contributed by atoms with E-state index < -0.39 is 0 Å². The molecule has 5 rings (SSSR count). The summed E-state index contributed by atoms with van der Waals surface area (Å²) >= 11 is 0. The zero-order valence-corrected chi connectivity index (χ0v) is 15.8. The van der Waals surface area contributed by atoms with Crippen molar-refractivity contribution in [3.63, 3.8) is 0 Å². The quantitative estimate of drug-likeness (QED) is 0.680. The van der Waals surface area contributed by atoms with Gasteiger partial charge >= 0.3 is 0 Å². The Morgan fingerprint density at radius 3 is 2.23 bits per heavy atom. The fourth-order valence-corrected chi connectivity index (χ4v) is 3.53. The van der Waals surface area contributed by atoms with Gasteiger partial charge in [-0.2, -0.15) is 0 Å². The maximum atomic E-state index is 12.7. The summed E-state index contributed by atoms with van der Waals surface area (Å²) in [6.07, 6.45) is 0. The second kappa shape index (κ2) is 7.04. The molecule has 0 bridgehead atoms. The van der Waals surface area contributed by atoms with Crippen LogP contribution in [0, 0.1) is 0 Å². The molecule has 2 aliphatic heterocycles. The summed E-state index contributed by atoms with van der Waals surface area (Å²) in [5, 5.41) is 2.80. The lowest BCUT2D eigenvalue weighted by Gasteiger charge is -2.19. The summed E-state index contributed by atoms with van der Waals surface area (Å²) in [6, 6.07) is 18.3. The van der Waals surface area contributed by atoms with Gasteiger partial charge in [-0.1, -0.05) is 18.2 Å². The van der Waals surface area contributed by atoms with Gasteiger partial charge in [0.05, 0.1) is 16.8 Å². The van der Waals surface area contributed by atoms with Crippen LogP contribution in [-0.4, -0.2) is 30.9 Å². The first kappa shape index (κ1) is 17.9. The molecule has 2 aliphatic rings. The van der Waals surface area contributed by atoms with E-state index in [1.807, 2.05) is 0 Å². The molecule has 148 valence electrons. The third kappa shape index (κ3) is 2.97. The first-order chi connectivity index (χ1) is 14.6. The molecule has 3 amide bonds. The Labute approximate surface area is 171 Å². The minimum atomic E-state index is -0.383. The third-order valence-electron chi connectivity index (χ3n) is 4.96. The maximum absolute atomic E-state index is 12.7. The first-order valence-electron chi connectivity index (χ1n) is 9.41. The van der Waals surface area contributed by atoms with Crippen LogP contribution in [0.15, 0.2) is 66.7 Å². The number of carbonyl (C=O) groups excluding carboxylic acids is 3. The lowest BCUT2D eigenvalue weighted by molar-refractivity contribution is 0.0925. The Morgan fingerprint density at radius 2 is 1.50 bits per heavy atom. The number of imide groups is 1. The van der Waals surface area contributed by atoms with Crippen molar-refractivity contribution in [3.05, 3.63) is 83.4 Å². The maximum Gasteiger partial charge on any atom is 0.266 e. The molecule has 0 saturated heterocycles. The number of fused-ring (bicyclic) bond motifs is 2. The molecule has 0 unspecified atom stereocenters. The summed E-state index contributed by atoms with van der Waals surface area (Å²) in [6.45, 7) is 0.906. The number of hydrogen-bond acceptors (Lipinski definition) is 5. The number of nitrogens with zero attached hydrogens (tertiary/aromatic N) is 1. The van der Waals surface area contributed by atoms with Gasteiger partial charge in [-0.05, 0) is 48.5 Å². The Balaban J connectivity index is 1.39. The van der Waals surface area contributed by atoms with Gasteiger partial charge in [-0.15, -0.1) is 0 Å². The number of nitrogens with one attached hydrogen (secondary N) is 1. The van der Waals surface area contributed by atoms with Gasteiger partial charge in [-0.3, -0.25) is 14.4 Å². The number of ether oxygens (including phenoxy) is 2. The molecule has 0 aliphatic carbocycles. The summed E-state index contributed by atoms with van der Waals surface area (Å²) in [5.41, 5.74) is 2.00. The molecule has 2 heterocycles. The fraction of sp³-hybridized carbons (Fsp3) is 0.0870. The Bertz CT molecular complexity index is 1170. The van der Waals surface area contributed by atoms with E-state index in [1.54, 1.807) is 66.7 Å². The van der Waals surface area contributed by atoms with Gasteiger partial charge in [0.25, 0.3) is 17.7 Å². The number of hydrogen-bond donors (Lipinski definition) is 1. The highest BCUT2D eigenvalue weighted by Crippen LogP contribution is 2.32. The summed E-state index contributed by atoms with van der Waals surface area (Å²) < 4.78 is 11.0. The van der Waals surface area contributed by atoms with Crippen molar-refractivity contribution in [2.45, 2.75) is 0 Å². The molecular weight excluding hydrogens is 384 g/mol. The third-order valence-corrected chi connectivity index (χ3v) is 4.96. The molecule has 7 heteroatoms. The monoisotopic (exact) mass is 400 g/mol. The van der Waals surface area contributed by atoms with Crippen molar-refractivity contribution >= 4 is 29.1 Å². The second-order valence-electron chi connectivity index (χ2n) is 6.85. The van der Waals surface area contributed by atoms with Crippen molar-refractivity contribution in [2.24, 2.45) is 0 Å². The molecular formula is C23H16N2O5. The average Bonchev–Trinajstić information content (AvgIpc) is 3.04. The van der Waals surface area contributed by atoms with Gasteiger partial charge in [0.1, 0.15) is 13.2 Å². The molecule has 0 radical (unpaired) electrons. The van der Waals surface area contributed by atoms with Crippen LogP contribution >= 0.6 is 0 Å². The molecule has 0 fully saturated rings. The number of benzene rings is 3. The number of carbonyl (C=O) groups is 3. The van der Waals surface area contributed by atoms with E-state index >= 15 is 0 Å². The van der Waals surface area contributed by atoms with E-state index in [0.29, 0.717) is 52.8 Å². The molecule has 0 atom stereocenters. The SMILES string of the molecule is O=C(Nc1cccc(N2C(=O)c3ccccc3C2=O)c1)c1ccc2c(c1)OCCO2. The zero-order valence-electron chi connectivity index (χ0n) is 15.8. The van der Waals surface area contributed by atoms with Crippen molar-refractivity contribution in [1.82, 2.24) is 0 Å². The van der Waals surface area contributed by atoms with E-state index in [4.69, 9.17) is 9.47 Å². The molecule has 3 aromatic rings. The van der Waals surface area contributed by atoms with Crippen molar-refractivity contribution < 1.29 is 23.9 Å². The smallest absolute Gasteiger partial charge is 0.266 e. The Hall–Kier alpha value is -4.13. The molecule has 0 spiro atoms. The van der Waals surface area contributed by atoms with Crippen LogP contribution in [0.5, 0.6) is 11.5 Å². The van der Waals surface area contributed by atoms with Crippen molar-refractivity contribution in [1.29, 1.82) is 0 Å². The highest BCUT2D eigenvalue weighted by Gasteiger charge is 2.36. The van der Waals surface area contributed by atoms with Gasteiger partial charge < -0.3 is 14.8 Å². The summed E-state index contributed by atoms with van der Waals surface area (Å²) in [5.74, 6) is 0.0161. The highest BCUT2D eigenvalue weighted by molar-refractivity contribution is 6.34. The lowest BCUT2D eigenvalue weighted by Crippen LogP contribution is -2.29. The van der Waals surface area contributed by atoms with Crippen LogP contribution in [0.2, 0.25) is 0 Å². The topological polar surface area (TPSA) is 84.9 Å². The molecule has 30 heavy (non-hydrogen) atoms. The Kier molecular flexibility index (Phi) is 4.21. The molecule has 3 aromatic carbocycles. The normalized spacial score (nSPS) is 14.5. The highest BCUT2D eigenvalue weighted by atomic mass is 16.6. The standard InChI is InChI=1S/C23H16N2O5/c26-21(14-8-9-19-20(12-14)30-11-10-29-19)24-15-4-3-5-16(13-15)25-22(27)17-6-1-2-7-18(17)23(25)28/h1-9,12-13H,10-11H2,(H,24,26). The number of rotatable bonds is 3. The lowest BCUT2D eigenvalue weighted by atomic mass is 10.1. The summed E-state index contributed by atoms with van der Waals surface area (Å²) in [4.78, 5) is 39.2. The Morgan fingerprint density at radius 1 is 0.800 bits per heavy atom. The van der Waals surface area contributed by atoms with Crippen molar-refractivity contribution in [2.75, 3.05) is 23.4 Å². The summed E-state index contributed by atoms with van der Waals surface area (Å²) in [7, 11) is 0. The number of amides is 3. The van der Waals surface area contributed by atoms with E-state index in [0.717, 1.165) is 4.90 Å². The predicted molar refractivity (Wildman–Crippen MR) is 109 cm³/mol. The van der Waals surface area contributed by atoms with Gasteiger partial charge in [0.15, 0.2) is 11.5 Å². The zero-order chi connectivity index (χ0) is 20.7. The van der Waals surface area contributed by atoms with Crippen molar-refractivity contribution in [3.8, 4) is 11.5 Å². The van der Waals surface area contributed by atoms with E-state index in [9.17, 15) is 14.4 Å². The van der Waals surface area contributed by atoms with E-state index in [2.05, 4.69) is 5.32 Å². The van der Waals surface area contributed by atoms with Crippen LogP contribution in [0.1, 0.15) is 31.1 Å². The van der Waals surface area contributed by atoms with Gasteiger partial charge in [-0.25, -0.2) is 4.90 Å². The van der Waals surface area contributed by atoms with Gasteiger partial charge in [0.2, 0.25) is 0 Å². The molecule has 0 saturated carbocycles. The molecule has 0 aromatic heterocycles. The van der Waals surface area contributed by atoms with Crippen LogP contribution in [-0.2, 0) is 0 Å². The van der Waals surface area contributed by atoms with Gasteiger partial charge in [0, 0.05) is 11.3 Å².